The Labute approximate surface area is 137 Å². The normalized spacial score (nSPS) is 11.1. The first kappa shape index (κ1) is 15.0. The molecule has 0 N–H and O–H groups in total. The first-order valence-electron chi connectivity index (χ1n) is 6.71. The molecule has 0 aliphatic rings. The van der Waals surface area contributed by atoms with Crippen molar-refractivity contribution in [3.05, 3.63) is 57.1 Å². The van der Waals surface area contributed by atoms with E-state index in [0.29, 0.717) is 28.8 Å². The van der Waals surface area contributed by atoms with Crippen LogP contribution >= 0.6 is 23.2 Å². The van der Waals surface area contributed by atoms with Gasteiger partial charge in [0.25, 0.3) is 0 Å². The van der Waals surface area contributed by atoms with Crippen LogP contribution in [0.2, 0.25) is 10.0 Å². The molecule has 0 amide bonds. The molecule has 0 atom stereocenters. The number of aromatic nitrogens is 6. The summed E-state index contributed by atoms with van der Waals surface area (Å²) in [5.41, 5.74) is 3.02. The van der Waals surface area contributed by atoms with Gasteiger partial charge in [0.2, 0.25) is 0 Å². The standard InChI is InChI=1S/C14H14Cl2N6/c1-9-7-21(2)18-13(9)8-22-19-14(17-20-22)6-10-3-4-11(15)12(16)5-10/h3-5,7H,6,8H2,1-2H3. The van der Waals surface area contributed by atoms with Crippen LogP contribution in [0.25, 0.3) is 0 Å². The van der Waals surface area contributed by atoms with Gasteiger partial charge in [0.05, 0.1) is 15.7 Å². The summed E-state index contributed by atoms with van der Waals surface area (Å²) >= 11 is 11.9. The van der Waals surface area contributed by atoms with Gasteiger partial charge in [0, 0.05) is 19.7 Å². The topological polar surface area (TPSA) is 61.4 Å². The second-order valence-electron chi connectivity index (χ2n) is 5.09. The average molecular weight is 337 g/mol. The van der Waals surface area contributed by atoms with Crippen LogP contribution in [0.3, 0.4) is 0 Å². The first-order chi connectivity index (χ1) is 10.5. The van der Waals surface area contributed by atoms with Gasteiger partial charge >= 0.3 is 0 Å². The largest absolute Gasteiger partial charge is 0.275 e. The van der Waals surface area contributed by atoms with Crippen LogP contribution in [0.1, 0.15) is 22.6 Å². The fourth-order valence-corrected chi connectivity index (χ4v) is 2.51. The highest BCUT2D eigenvalue weighted by Crippen LogP contribution is 2.23. The van der Waals surface area contributed by atoms with Gasteiger partial charge in [-0.25, -0.2) is 0 Å². The van der Waals surface area contributed by atoms with Gasteiger partial charge in [-0.3, -0.25) is 4.68 Å². The molecule has 0 aliphatic heterocycles. The van der Waals surface area contributed by atoms with Gasteiger partial charge in [-0.2, -0.15) is 9.90 Å². The minimum Gasteiger partial charge on any atom is -0.275 e. The van der Waals surface area contributed by atoms with E-state index in [1.807, 2.05) is 32.3 Å². The van der Waals surface area contributed by atoms with Crippen molar-refractivity contribution >= 4 is 23.2 Å². The molecule has 2 heterocycles. The number of rotatable bonds is 4. The van der Waals surface area contributed by atoms with E-state index < -0.39 is 0 Å². The lowest BCUT2D eigenvalue weighted by molar-refractivity contribution is 0.554. The van der Waals surface area contributed by atoms with Crippen molar-refractivity contribution in [1.82, 2.24) is 30.0 Å². The zero-order valence-electron chi connectivity index (χ0n) is 12.2. The minimum absolute atomic E-state index is 0.501. The highest BCUT2D eigenvalue weighted by Gasteiger charge is 2.09. The van der Waals surface area contributed by atoms with Crippen LogP contribution in [0.4, 0.5) is 0 Å². The Morgan fingerprint density at radius 2 is 1.95 bits per heavy atom. The lowest BCUT2D eigenvalue weighted by Crippen LogP contribution is -2.06. The molecule has 0 fully saturated rings. The zero-order valence-corrected chi connectivity index (χ0v) is 13.7. The number of hydrogen-bond acceptors (Lipinski definition) is 4. The monoisotopic (exact) mass is 336 g/mol. The van der Waals surface area contributed by atoms with E-state index in [1.165, 1.54) is 0 Å². The van der Waals surface area contributed by atoms with E-state index in [-0.39, 0.29) is 0 Å². The SMILES string of the molecule is Cc1cn(C)nc1Cn1nnc(Cc2ccc(Cl)c(Cl)c2)n1. The van der Waals surface area contributed by atoms with Gasteiger partial charge < -0.3 is 0 Å². The summed E-state index contributed by atoms with van der Waals surface area (Å²) in [6, 6.07) is 5.48. The van der Waals surface area contributed by atoms with E-state index in [9.17, 15) is 0 Å². The molecule has 0 bridgehead atoms. The molecule has 0 aliphatic carbocycles. The quantitative estimate of drug-likeness (QED) is 0.734. The maximum Gasteiger partial charge on any atom is 0.179 e. The van der Waals surface area contributed by atoms with Crippen LogP contribution in [-0.4, -0.2) is 30.0 Å². The van der Waals surface area contributed by atoms with Gasteiger partial charge in [0.15, 0.2) is 5.82 Å². The van der Waals surface area contributed by atoms with E-state index in [4.69, 9.17) is 23.2 Å². The predicted octanol–water partition coefficient (Wildman–Crippen LogP) is 2.66. The average Bonchev–Trinajstić information content (AvgIpc) is 3.01. The van der Waals surface area contributed by atoms with Gasteiger partial charge in [-0.15, -0.1) is 10.2 Å². The summed E-state index contributed by atoms with van der Waals surface area (Å²) in [5, 5.41) is 17.9. The summed E-state index contributed by atoms with van der Waals surface area (Å²) in [5.74, 6) is 0.631. The summed E-state index contributed by atoms with van der Waals surface area (Å²) in [7, 11) is 1.89. The van der Waals surface area contributed by atoms with E-state index in [2.05, 4.69) is 20.5 Å². The summed E-state index contributed by atoms with van der Waals surface area (Å²) in [6.45, 7) is 2.51. The van der Waals surface area contributed by atoms with E-state index in [1.54, 1.807) is 15.5 Å². The van der Waals surface area contributed by atoms with E-state index >= 15 is 0 Å². The molecule has 2 aromatic heterocycles. The summed E-state index contributed by atoms with van der Waals surface area (Å²) in [4.78, 5) is 1.54. The van der Waals surface area contributed by atoms with Crippen molar-refractivity contribution in [3.8, 4) is 0 Å². The lowest BCUT2D eigenvalue weighted by atomic mass is 10.1. The molecule has 0 unspecified atom stereocenters. The third-order valence-electron chi connectivity index (χ3n) is 3.25. The molecule has 6 nitrogen and oxygen atoms in total. The van der Waals surface area contributed by atoms with Gasteiger partial charge in [0.1, 0.15) is 6.54 Å². The van der Waals surface area contributed by atoms with Crippen molar-refractivity contribution in [3.63, 3.8) is 0 Å². The van der Waals surface area contributed by atoms with E-state index in [0.717, 1.165) is 16.8 Å². The van der Waals surface area contributed by atoms with Crippen molar-refractivity contribution in [1.29, 1.82) is 0 Å². The Bertz CT molecular complexity index is 808. The van der Waals surface area contributed by atoms with Crippen LogP contribution in [0.5, 0.6) is 0 Å². The van der Waals surface area contributed by atoms with Crippen LogP contribution < -0.4 is 0 Å². The number of halogens is 2. The Kier molecular flexibility index (Phi) is 4.13. The van der Waals surface area contributed by atoms with Crippen molar-refractivity contribution in [2.75, 3.05) is 0 Å². The lowest BCUT2D eigenvalue weighted by Gasteiger charge is -2.00. The zero-order chi connectivity index (χ0) is 15.7. The minimum atomic E-state index is 0.501. The van der Waals surface area contributed by atoms with Crippen molar-refractivity contribution < 1.29 is 0 Å². The van der Waals surface area contributed by atoms with Gasteiger partial charge in [-0.1, -0.05) is 29.3 Å². The fourth-order valence-electron chi connectivity index (χ4n) is 2.19. The number of hydrogen-bond donors (Lipinski definition) is 0. The molecule has 3 rings (SSSR count). The maximum atomic E-state index is 6.01. The number of nitrogens with zero attached hydrogens (tertiary/aromatic N) is 6. The maximum absolute atomic E-state index is 6.01. The molecule has 3 aromatic rings. The van der Waals surface area contributed by atoms with Crippen LogP contribution in [0.15, 0.2) is 24.4 Å². The Morgan fingerprint density at radius 1 is 1.14 bits per heavy atom. The molecule has 0 radical (unpaired) electrons. The smallest absolute Gasteiger partial charge is 0.179 e. The van der Waals surface area contributed by atoms with Crippen LogP contribution in [-0.2, 0) is 20.0 Å². The predicted molar refractivity (Wildman–Crippen MR) is 84.1 cm³/mol. The third-order valence-corrected chi connectivity index (χ3v) is 3.98. The number of benzene rings is 1. The molecule has 0 saturated carbocycles. The molecule has 0 spiro atoms. The highest BCUT2D eigenvalue weighted by atomic mass is 35.5. The Balaban J connectivity index is 1.73. The number of aryl methyl sites for hydroxylation is 2. The van der Waals surface area contributed by atoms with Gasteiger partial charge in [-0.05, 0) is 35.4 Å². The fraction of sp³-hybridized carbons (Fsp3) is 0.286. The second-order valence-corrected chi connectivity index (χ2v) is 5.91. The molecule has 1 aromatic carbocycles. The molecule has 8 heteroatoms. The highest BCUT2D eigenvalue weighted by molar-refractivity contribution is 6.42. The van der Waals surface area contributed by atoms with Crippen molar-refractivity contribution in [2.24, 2.45) is 7.05 Å². The Morgan fingerprint density at radius 3 is 2.64 bits per heavy atom. The molecule has 114 valence electrons. The first-order valence-corrected chi connectivity index (χ1v) is 7.46. The molecular weight excluding hydrogens is 323 g/mol. The summed E-state index contributed by atoms with van der Waals surface area (Å²) in [6.07, 6.45) is 2.51. The van der Waals surface area contributed by atoms with Crippen molar-refractivity contribution in [2.45, 2.75) is 19.9 Å². The van der Waals surface area contributed by atoms with Crippen LogP contribution in [0, 0.1) is 6.92 Å². The molecule has 0 saturated heterocycles. The number of tetrazole rings is 1. The second kappa shape index (κ2) is 6.06. The Hall–Kier alpha value is -1.92. The molecular formula is C14H14Cl2N6. The third kappa shape index (κ3) is 3.28. The summed E-state index contributed by atoms with van der Waals surface area (Å²) < 4.78 is 1.78. The molecule has 22 heavy (non-hydrogen) atoms.